The molecule has 26 valence electrons. The minimum absolute atomic E-state index is 0. The van der Waals surface area contributed by atoms with Crippen LogP contribution in [0, 0.1) is 0 Å². The number of alkyl halides is 2. The van der Waals surface area contributed by atoms with Gasteiger partial charge in [-0.1, -0.05) is 0 Å². The lowest BCUT2D eigenvalue weighted by molar-refractivity contribution is 2.20. The zero-order chi connectivity index (χ0) is 2.71. The zero-order valence-corrected chi connectivity index (χ0v) is 4.13. The lowest BCUT2D eigenvalue weighted by Gasteiger charge is -1.42. The summed E-state index contributed by atoms with van der Waals surface area (Å²) in [5.74, 6) is 0. The number of hydrogen-bond acceptors (Lipinski definition) is 0. The second-order valence-electron chi connectivity index (χ2n) is 0.101. The molecule has 0 aliphatic carbocycles. The van der Waals surface area contributed by atoms with Gasteiger partial charge in [-0.05, 0) is 0 Å². The Bertz CT molecular complexity index is 7.61. The molecule has 0 atom stereocenters. The Morgan fingerprint density at radius 2 is 1.00 bits per heavy atom. The molecule has 0 aliphatic rings. The van der Waals surface area contributed by atoms with Crippen LogP contribution in [0.4, 0.5) is 0 Å². The average molecular weight is 107 g/mol. The summed E-state index contributed by atoms with van der Waals surface area (Å²) in [5.41, 5.74) is 0. The van der Waals surface area contributed by atoms with Gasteiger partial charge in [0.25, 0.3) is 0 Å². The molecule has 0 unspecified atom stereocenters. The van der Waals surface area contributed by atoms with E-state index >= 15 is 0 Å². The minimum atomic E-state index is 0. The first kappa shape index (κ1) is 17.2. The van der Waals surface area contributed by atoms with Gasteiger partial charge in [-0.3, -0.25) is 0 Å². The van der Waals surface area contributed by atoms with Crippen molar-refractivity contribution in [3.8, 4) is 0 Å². The summed E-state index contributed by atoms with van der Waals surface area (Å²) < 4.78 is 0. The summed E-state index contributed by atoms with van der Waals surface area (Å²) in [5, 5.41) is 0.194. The zero-order valence-electron chi connectivity index (χ0n) is 2.62. The van der Waals surface area contributed by atoms with E-state index < -0.39 is 0 Å². The Morgan fingerprint density at radius 3 is 1.00 bits per heavy atom. The molecule has 5 heavy (non-hydrogen) atoms. The summed E-state index contributed by atoms with van der Waals surface area (Å²) in [6, 6.07) is 0. The summed E-state index contributed by atoms with van der Waals surface area (Å²) in [6.07, 6.45) is 0. The molecule has 0 saturated heterocycles. The molecule has 0 spiro atoms. The molecule has 0 amide bonds. The lowest BCUT2D eigenvalue weighted by Crippen LogP contribution is -1.24. The third-order valence-electron chi connectivity index (χ3n) is 0. The number of rotatable bonds is 0. The highest BCUT2D eigenvalue weighted by Gasteiger charge is 1.41. The van der Waals surface area contributed by atoms with Crippen LogP contribution in [0.15, 0.2) is 0 Å². The molecule has 0 N–H and O–H groups in total. The average Bonchev–Trinajstić information content (AvgIpc) is 0.918. The van der Waals surface area contributed by atoms with Crippen molar-refractivity contribution in [2.24, 2.45) is 0 Å². The van der Waals surface area contributed by atoms with Crippen molar-refractivity contribution < 1.29 is 0 Å². The van der Waals surface area contributed by atoms with Gasteiger partial charge in [-0.25, -0.2) is 0 Å². The van der Waals surface area contributed by atoms with Crippen molar-refractivity contribution in [1.82, 2.24) is 0 Å². The van der Waals surface area contributed by atoms with E-state index in [0.717, 1.165) is 0 Å². The van der Waals surface area contributed by atoms with Crippen LogP contribution in [0.1, 0.15) is 0 Å². The number of halogens is 2. The van der Waals surface area contributed by atoms with E-state index in [1.165, 1.54) is 0 Å². The third-order valence-corrected chi connectivity index (χ3v) is 0. The van der Waals surface area contributed by atoms with E-state index in [0.29, 0.717) is 0 Å². The number of hydrogen-bond donors (Lipinski definition) is 0. The van der Waals surface area contributed by atoms with Crippen LogP contribution in [0.25, 0.3) is 0 Å². The fraction of sp³-hybridized carbons (Fsp3) is 1.00. The van der Waals surface area contributed by atoms with Crippen molar-refractivity contribution in [2.75, 3.05) is 5.34 Å². The van der Waals surface area contributed by atoms with Crippen LogP contribution in [-0.4, -0.2) is 22.2 Å². The fourth-order valence-electron chi connectivity index (χ4n) is 0. The second kappa shape index (κ2) is 22.2. The third kappa shape index (κ3) is 68.6. The van der Waals surface area contributed by atoms with Gasteiger partial charge in [-0.15, -0.1) is 23.2 Å². The van der Waals surface area contributed by atoms with Gasteiger partial charge in [-0.2, -0.15) is 0 Å². The van der Waals surface area contributed by atoms with Gasteiger partial charge in [0, 0.05) is 16.8 Å². The molecule has 0 rings (SSSR count). The van der Waals surface area contributed by atoms with Crippen molar-refractivity contribution in [3.63, 3.8) is 0 Å². The maximum atomic E-state index is 4.76. The SMILES string of the molecule is ClCCl.[B].[B]. The molecule has 0 bridgehead atoms. The van der Waals surface area contributed by atoms with Crippen molar-refractivity contribution in [3.05, 3.63) is 0 Å². The Labute approximate surface area is 46.0 Å². The monoisotopic (exact) mass is 106 g/mol. The van der Waals surface area contributed by atoms with E-state index in [2.05, 4.69) is 0 Å². The van der Waals surface area contributed by atoms with Crippen LogP contribution in [0.3, 0.4) is 0 Å². The highest BCUT2D eigenvalue weighted by molar-refractivity contribution is 6.40. The molecule has 0 fully saturated rings. The first-order valence-electron chi connectivity index (χ1n) is 0.535. The van der Waals surface area contributed by atoms with Gasteiger partial charge in [0.2, 0.25) is 0 Å². The van der Waals surface area contributed by atoms with Crippen molar-refractivity contribution in [2.45, 2.75) is 0 Å². The van der Waals surface area contributed by atoms with Crippen LogP contribution >= 0.6 is 23.2 Å². The summed E-state index contributed by atoms with van der Waals surface area (Å²) >= 11 is 9.53. The lowest BCUT2D eigenvalue weighted by atomic mass is 10.8. The molecule has 0 saturated carbocycles. The van der Waals surface area contributed by atoms with Crippen LogP contribution in [0.2, 0.25) is 0 Å². The van der Waals surface area contributed by atoms with Gasteiger partial charge in [0.15, 0.2) is 0 Å². The fourth-order valence-corrected chi connectivity index (χ4v) is 0. The Kier molecular flexibility index (Phi) is 76.5. The van der Waals surface area contributed by atoms with E-state index in [1.807, 2.05) is 0 Å². The first-order chi connectivity index (χ1) is 1.41. The molecule has 6 radical (unpaired) electrons. The van der Waals surface area contributed by atoms with Crippen molar-refractivity contribution in [1.29, 1.82) is 0 Å². The van der Waals surface area contributed by atoms with Crippen molar-refractivity contribution >= 4 is 40.0 Å². The topological polar surface area (TPSA) is 0 Å². The van der Waals surface area contributed by atoms with E-state index in [-0.39, 0.29) is 22.2 Å². The highest BCUT2D eigenvalue weighted by atomic mass is 35.5. The first-order valence-corrected chi connectivity index (χ1v) is 1.60. The Hall–Kier alpha value is 0.710. The summed E-state index contributed by atoms with van der Waals surface area (Å²) in [4.78, 5) is 0. The van der Waals surface area contributed by atoms with Gasteiger partial charge >= 0.3 is 0 Å². The van der Waals surface area contributed by atoms with E-state index in [4.69, 9.17) is 23.2 Å². The molecule has 0 aliphatic heterocycles. The Balaban J connectivity index is -0.0000000200. The Morgan fingerprint density at radius 1 is 1.00 bits per heavy atom. The molecule has 0 aromatic heterocycles. The van der Waals surface area contributed by atoms with Crippen LogP contribution < -0.4 is 0 Å². The normalized spacial score (nSPS) is 3.60. The van der Waals surface area contributed by atoms with Gasteiger partial charge in [0.05, 0.1) is 5.34 Å². The second-order valence-corrected chi connectivity index (χ2v) is 0.909. The molecule has 0 heterocycles. The van der Waals surface area contributed by atoms with Crippen LogP contribution in [0.5, 0.6) is 0 Å². The standard InChI is InChI=1S/CH2Cl2.2B/c2-1-3;;/h1H2;;. The highest BCUT2D eigenvalue weighted by Crippen LogP contribution is 1.73. The molecular formula is CH2B2Cl2. The minimum Gasteiger partial charge on any atom is -0.109 e. The van der Waals surface area contributed by atoms with E-state index in [9.17, 15) is 0 Å². The molecule has 4 heteroatoms. The molecule has 0 aromatic rings. The predicted molar refractivity (Wildman–Crippen MR) is 28.1 cm³/mol. The summed E-state index contributed by atoms with van der Waals surface area (Å²) in [7, 11) is 0. The van der Waals surface area contributed by atoms with Gasteiger partial charge in [0.1, 0.15) is 0 Å². The maximum Gasteiger partial charge on any atom is 0.0967 e. The quantitative estimate of drug-likeness (QED) is 0.314. The maximum absolute atomic E-state index is 4.76. The molecular weight excluding hydrogens is 105 g/mol. The smallest absolute Gasteiger partial charge is 0.0967 e. The predicted octanol–water partition coefficient (Wildman–Crippen LogP) is 0.660. The van der Waals surface area contributed by atoms with Crippen LogP contribution in [-0.2, 0) is 0 Å². The largest absolute Gasteiger partial charge is 0.109 e. The van der Waals surface area contributed by atoms with Gasteiger partial charge < -0.3 is 0 Å². The van der Waals surface area contributed by atoms with E-state index in [1.54, 1.807) is 0 Å². The summed E-state index contributed by atoms with van der Waals surface area (Å²) in [6.45, 7) is 0. The molecule has 0 aromatic carbocycles. The molecule has 0 nitrogen and oxygen atoms in total.